The Balaban J connectivity index is 1.83. The first kappa shape index (κ1) is 11.0. The molecule has 1 N–H and O–H groups in total. The Kier molecular flexibility index (Phi) is 4.03. The molecular formula is C12H21NO2. The molecule has 0 radical (unpaired) electrons. The van der Waals surface area contributed by atoms with Crippen LogP contribution in [0.1, 0.15) is 32.1 Å². The highest BCUT2D eigenvalue weighted by atomic mass is 16.5. The average molecular weight is 211 g/mol. The molecule has 0 saturated carbocycles. The van der Waals surface area contributed by atoms with Crippen LogP contribution >= 0.6 is 0 Å². The first-order valence-corrected chi connectivity index (χ1v) is 6.02. The molecule has 15 heavy (non-hydrogen) atoms. The second kappa shape index (κ2) is 5.52. The van der Waals surface area contributed by atoms with Crippen molar-refractivity contribution >= 4 is 0 Å². The zero-order valence-electron chi connectivity index (χ0n) is 9.50. The molecule has 1 fully saturated rings. The topological polar surface area (TPSA) is 30.5 Å². The average Bonchev–Trinajstić information content (AvgIpc) is 2.81. The highest BCUT2D eigenvalue weighted by Gasteiger charge is 2.23. The summed E-state index contributed by atoms with van der Waals surface area (Å²) in [5.41, 5.74) is 0. The lowest BCUT2D eigenvalue weighted by molar-refractivity contribution is 0.00458. The monoisotopic (exact) mass is 211 g/mol. The molecule has 0 aromatic rings. The Morgan fingerprint density at radius 1 is 1.47 bits per heavy atom. The van der Waals surface area contributed by atoms with Crippen molar-refractivity contribution in [3.63, 3.8) is 0 Å². The normalized spacial score (nSPS) is 28.3. The van der Waals surface area contributed by atoms with Crippen LogP contribution in [0.4, 0.5) is 0 Å². The van der Waals surface area contributed by atoms with Gasteiger partial charge in [-0.1, -0.05) is 0 Å². The summed E-state index contributed by atoms with van der Waals surface area (Å²) in [5, 5.41) is 3.32. The van der Waals surface area contributed by atoms with Crippen LogP contribution in [0.15, 0.2) is 11.8 Å². The molecule has 0 amide bonds. The fourth-order valence-electron chi connectivity index (χ4n) is 2.31. The van der Waals surface area contributed by atoms with Gasteiger partial charge in [0, 0.05) is 13.0 Å². The minimum atomic E-state index is 0.343. The summed E-state index contributed by atoms with van der Waals surface area (Å²) >= 11 is 0. The Labute approximate surface area is 91.8 Å². The number of hydrogen-bond acceptors (Lipinski definition) is 3. The molecule has 0 aliphatic carbocycles. The van der Waals surface area contributed by atoms with Crippen molar-refractivity contribution in [3.8, 4) is 0 Å². The van der Waals surface area contributed by atoms with E-state index in [1.807, 2.05) is 7.05 Å². The van der Waals surface area contributed by atoms with Crippen LogP contribution in [0.25, 0.3) is 0 Å². The van der Waals surface area contributed by atoms with E-state index >= 15 is 0 Å². The van der Waals surface area contributed by atoms with E-state index in [1.54, 1.807) is 0 Å². The second-order valence-electron chi connectivity index (χ2n) is 4.31. The molecule has 2 aliphatic rings. The van der Waals surface area contributed by atoms with Gasteiger partial charge in [-0.3, -0.25) is 0 Å². The van der Waals surface area contributed by atoms with E-state index in [0.717, 1.165) is 31.8 Å². The third kappa shape index (κ3) is 2.95. The quantitative estimate of drug-likeness (QED) is 0.769. The summed E-state index contributed by atoms with van der Waals surface area (Å²) in [6.45, 7) is 1.78. The van der Waals surface area contributed by atoms with Crippen molar-refractivity contribution < 1.29 is 9.47 Å². The van der Waals surface area contributed by atoms with Gasteiger partial charge in [-0.25, -0.2) is 0 Å². The van der Waals surface area contributed by atoms with Gasteiger partial charge in [0.15, 0.2) is 0 Å². The minimum Gasteiger partial charge on any atom is -0.496 e. The number of likely N-dealkylation sites (N-methyl/N-ethyl adjacent to an activating group) is 1. The van der Waals surface area contributed by atoms with Gasteiger partial charge in [-0.2, -0.15) is 0 Å². The lowest BCUT2D eigenvalue weighted by atomic mass is 10.0. The Hall–Kier alpha value is -0.540. The third-order valence-electron chi connectivity index (χ3n) is 3.20. The molecule has 1 saturated heterocycles. The predicted molar refractivity (Wildman–Crippen MR) is 59.7 cm³/mol. The van der Waals surface area contributed by atoms with E-state index < -0.39 is 0 Å². The van der Waals surface area contributed by atoms with Crippen molar-refractivity contribution in [2.45, 2.75) is 44.2 Å². The molecule has 0 aromatic heterocycles. The van der Waals surface area contributed by atoms with Crippen molar-refractivity contribution in [1.82, 2.24) is 5.32 Å². The first-order chi connectivity index (χ1) is 7.40. The molecule has 3 heteroatoms. The van der Waals surface area contributed by atoms with E-state index in [-0.39, 0.29) is 0 Å². The van der Waals surface area contributed by atoms with Gasteiger partial charge in [-0.15, -0.1) is 0 Å². The van der Waals surface area contributed by atoms with E-state index in [2.05, 4.69) is 11.4 Å². The molecule has 86 valence electrons. The molecule has 2 heterocycles. The van der Waals surface area contributed by atoms with Crippen molar-refractivity contribution in [2.24, 2.45) is 0 Å². The maximum Gasteiger partial charge on any atom is 0.109 e. The fraction of sp³-hybridized carbons (Fsp3) is 0.833. The summed E-state index contributed by atoms with van der Waals surface area (Å²) in [5.74, 6) is 1.12. The zero-order chi connectivity index (χ0) is 10.5. The molecule has 3 nitrogen and oxygen atoms in total. The predicted octanol–water partition coefficient (Wildman–Crippen LogP) is 1.84. The summed E-state index contributed by atoms with van der Waals surface area (Å²) in [6, 6.07) is 0.343. The highest BCUT2D eigenvalue weighted by molar-refractivity contribution is 5.07. The Morgan fingerprint density at radius 2 is 2.40 bits per heavy atom. The third-order valence-corrected chi connectivity index (χ3v) is 3.20. The van der Waals surface area contributed by atoms with Gasteiger partial charge >= 0.3 is 0 Å². The van der Waals surface area contributed by atoms with Crippen LogP contribution in [0.3, 0.4) is 0 Å². The minimum absolute atomic E-state index is 0.343. The fourth-order valence-corrected chi connectivity index (χ4v) is 2.31. The van der Waals surface area contributed by atoms with Gasteiger partial charge in [0.25, 0.3) is 0 Å². The number of hydrogen-bond donors (Lipinski definition) is 1. The largest absolute Gasteiger partial charge is 0.496 e. The van der Waals surface area contributed by atoms with E-state index in [9.17, 15) is 0 Å². The SMILES string of the molecule is CNC(CC1CCCCO1)C1=CCCO1. The second-order valence-corrected chi connectivity index (χ2v) is 4.31. The van der Waals surface area contributed by atoms with Crippen molar-refractivity contribution in [3.05, 3.63) is 11.8 Å². The molecule has 0 spiro atoms. The number of rotatable bonds is 4. The van der Waals surface area contributed by atoms with Crippen molar-refractivity contribution in [1.29, 1.82) is 0 Å². The van der Waals surface area contributed by atoms with E-state index in [4.69, 9.17) is 9.47 Å². The molecule has 2 rings (SSSR count). The molecule has 2 unspecified atom stereocenters. The summed E-state index contributed by atoms with van der Waals surface area (Å²) < 4.78 is 11.3. The highest BCUT2D eigenvalue weighted by Crippen LogP contribution is 2.22. The van der Waals surface area contributed by atoms with Gasteiger partial charge in [0.1, 0.15) is 5.76 Å². The number of nitrogens with one attached hydrogen (secondary N) is 1. The molecular weight excluding hydrogens is 190 g/mol. The van der Waals surface area contributed by atoms with E-state index in [0.29, 0.717) is 12.1 Å². The standard InChI is InChI=1S/C12H21NO2/c1-13-11(12-6-4-8-15-12)9-10-5-2-3-7-14-10/h6,10-11,13H,2-5,7-9H2,1H3. The number of ether oxygens (including phenoxy) is 2. The van der Waals surface area contributed by atoms with Gasteiger partial charge in [0.05, 0.1) is 18.8 Å². The van der Waals surface area contributed by atoms with E-state index in [1.165, 1.54) is 19.3 Å². The maximum atomic E-state index is 5.75. The van der Waals surface area contributed by atoms with Crippen molar-refractivity contribution in [2.75, 3.05) is 20.3 Å². The summed E-state index contributed by atoms with van der Waals surface area (Å²) in [6.07, 6.45) is 8.44. The molecule has 0 aromatic carbocycles. The lowest BCUT2D eigenvalue weighted by Crippen LogP contribution is -2.34. The summed E-state index contributed by atoms with van der Waals surface area (Å²) in [4.78, 5) is 0. The molecule has 2 atom stereocenters. The maximum absolute atomic E-state index is 5.75. The molecule has 2 aliphatic heterocycles. The summed E-state index contributed by atoms with van der Waals surface area (Å²) in [7, 11) is 2.00. The smallest absolute Gasteiger partial charge is 0.109 e. The lowest BCUT2D eigenvalue weighted by Gasteiger charge is -2.27. The van der Waals surface area contributed by atoms with Crippen LogP contribution in [0, 0.1) is 0 Å². The molecule has 0 bridgehead atoms. The first-order valence-electron chi connectivity index (χ1n) is 6.02. The van der Waals surface area contributed by atoms with Crippen LogP contribution in [0.2, 0.25) is 0 Å². The van der Waals surface area contributed by atoms with Crippen LogP contribution in [-0.4, -0.2) is 32.4 Å². The van der Waals surface area contributed by atoms with Gasteiger partial charge in [-0.05, 0) is 38.8 Å². The van der Waals surface area contributed by atoms with Crippen LogP contribution in [-0.2, 0) is 9.47 Å². The zero-order valence-corrected chi connectivity index (χ0v) is 9.50. The Morgan fingerprint density at radius 3 is 3.00 bits per heavy atom. The van der Waals surface area contributed by atoms with Crippen LogP contribution < -0.4 is 5.32 Å². The van der Waals surface area contributed by atoms with Crippen LogP contribution in [0.5, 0.6) is 0 Å². The Bertz CT molecular complexity index is 222. The van der Waals surface area contributed by atoms with Gasteiger partial charge in [0.2, 0.25) is 0 Å². The van der Waals surface area contributed by atoms with Gasteiger partial charge < -0.3 is 14.8 Å².